The van der Waals surface area contributed by atoms with Gasteiger partial charge in [0.05, 0.1) is 23.8 Å². The van der Waals surface area contributed by atoms with Gasteiger partial charge in [-0.2, -0.15) is 0 Å². The van der Waals surface area contributed by atoms with Gasteiger partial charge < -0.3 is 14.8 Å². The summed E-state index contributed by atoms with van der Waals surface area (Å²) in [6, 6.07) is 11.4. The van der Waals surface area contributed by atoms with Crippen molar-refractivity contribution >= 4 is 23.5 Å². The third-order valence-electron chi connectivity index (χ3n) is 3.43. The molecule has 0 aliphatic heterocycles. The monoisotopic (exact) mass is 379 g/mol. The number of ether oxygens (including phenoxy) is 2. The molecule has 5 nitrogen and oxygen atoms in total. The minimum atomic E-state index is -0.809. The molecule has 0 radical (unpaired) electrons. The van der Waals surface area contributed by atoms with Crippen LogP contribution in [0, 0.1) is 5.82 Å². The number of hydrogen-bond acceptors (Lipinski definition) is 4. The highest BCUT2D eigenvalue weighted by Gasteiger charge is 2.19. The Labute approximate surface area is 156 Å². The van der Waals surface area contributed by atoms with E-state index in [0.29, 0.717) is 29.4 Å². The van der Waals surface area contributed by atoms with Crippen molar-refractivity contribution in [1.82, 2.24) is 5.32 Å². The third kappa shape index (κ3) is 6.04. The first-order valence-corrected chi connectivity index (χ1v) is 8.45. The van der Waals surface area contributed by atoms with Crippen LogP contribution in [0.2, 0.25) is 5.02 Å². The van der Waals surface area contributed by atoms with Gasteiger partial charge in [0.25, 0.3) is 5.91 Å². The Balaban J connectivity index is 1.68. The number of carbonyl (C=O) groups is 2. The van der Waals surface area contributed by atoms with Gasteiger partial charge >= 0.3 is 5.97 Å². The van der Waals surface area contributed by atoms with Crippen molar-refractivity contribution in [3.05, 3.63) is 64.9 Å². The van der Waals surface area contributed by atoms with Crippen LogP contribution in [0.25, 0.3) is 0 Å². The average molecular weight is 380 g/mol. The number of benzene rings is 2. The Morgan fingerprint density at radius 3 is 2.50 bits per heavy atom. The topological polar surface area (TPSA) is 64.6 Å². The highest BCUT2D eigenvalue weighted by Crippen LogP contribution is 2.15. The fraction of sp³-hybridized carbons (Fsp3) is 0.263. The normalized spacial score (nSPS) is 11.5. The average Bonchev–Trinajstić information content (AvgIpc) is 2.63. The zero-order chi connectivity index (χ0) is 18.9. The molecule has 2 aromatic rings. The Morgan fingerprint density at radius 1 is 1.12 bits per heavy atom. The van der Waals surface area contributed by atoms with E-state index in [1.54, 1.807) is 24.3 Å². The summed E-state index contributed by atoms with van der Waals surface area (Å²) in [5.41, 5.74) is 0.293. The minimum Gasteiger partial charge on any atom is -0.493 e. The van der Waals surface area contributed by atoms with E-state index >= 15 is 0 Å². The second-order valence-corrected chi connectivity index (χ2v) is 5.91. The number of esters is 1. The molecule has 0 unspecified atom stereocenters. The number of hydrogen-bond donors (Lipinski definition) is 1. The molecule has 0 aliphatic carbocycles. The van der Waals surface area contributed by atoms with E-state index in [-0.39, 0.29) is 12.4 Å². The van der Waals surface area contributed by atoms with E-state index in [1.807, 2.05) is 0 Å². The van der Waals surface area contributed by atoms with Crippen molar-refractivity contribution in [3.8, 4) is 5.75 Å². The first kappa shape index (κ1) is 19.7. The van der Waals surface area contributed by atoms with E-state index in [2.05, 4.69) is 5.32 Å². The fourth-order valence-electron chi connectivity index (χ4n) is 2.06. The second kappa shape index (κ2) is 9.77. The molecule has 0 heterocycles. The maximum absolute atomic E-state index is 12.8. The fourth-order valence-corrected chi connectivity index (χ4v) is 2.28. The molecule has 0 fully saturated rings. The zero-order valence-electron chi connectivity index (χ0n) is 14.2. The van der Waals surface area contributed by atoms with Gasteiger partial charge in [0, 0.05) is 6.42 Å². The highest BCUT2D eigenvalue weighted by molar-refractivity contribution is 6.33. The number of nitrogens with one attached hydrogen (secondary N) is 1. The lowest BCUT2D eigenvalue weighted by molar-refractivity contribution is -0.145. The largest absolute Gasteiger partial charge is 0.493 e. The van der Waals surface area contributed by atoms with Crippen LogP contribution >= 0.6 is 11.6 Å². The summed E-state index contributed by atoms with van der Waals surface area (Å²) in [5.74, 6) is -0.788. The van der Waals surface area contributed by atoms with Gasteiger partial charge in [-0.1, -0.05) is 23.7 Å². The molecule has 2 aromatic carbocycles. The lowest BCUT2D eigenvalue weighted by atomic mass is 10.2. The van der Waals surface area contributed by atoms with Crippen LogP contribution in [-0.4, -0.2) is 31.1 Å². The molecule has 0 spiro atoms. The minimum absolute atomic E-state index is 0.145. The molecule has 0 aliphatic rings. The molecule has 0 saturated heterocycles. The first-order valence-electron chi connectivity index (χ1n) is 8.08. The van der Waals surface area contributed by atoms with Gasteiger partial charge in [0.2, 0.25) is 0 Å². The zero-order valence-corrected chi connectivity index (χ0v) is 15.0. The summed E-state index contributed by atoms with van der Waals surface area (Å²) in [6.45, 7) is 2.00. The van der Waals surface area contributed by atoms with Crippen molar-refractivity contribution in [2.75, 3.05) is 13.2 Å². The molecule has 1 N–H and O–H groups in total. The second-order valence-electron chi connectivity index (χ2n) is 5.50. The van der Waals surface area contributed by atoms with Crippen molar-refractivity contribution in [1.29, 1.82) is 0 Å². The number of halogens is 2. The predicted molar refractivity (Wildman–Crippen MR) is 95.9 cm³/mol. The van der Waals surface area contributed by atoms with Crippen LogP contribution in [0.4, 0.5) is 4.39 Å². The summed E-state index contributed by atoms with van der Waals surface area (Å²) in [5, 5.41) is 2.85. The van der Waals surface area contributed by atoms with E-state index < -0.39 is 17.9 Å². The number of rotatable bonds is 8. The maximum atomic E-state index is 12.8. The summed E-state index contributed by atoms with van der Waals surface area (Å²) in [4.78, 5) is 24.0. The Hall–Kier alpha value is -2.60. The molecule has 0 saturated carbocycles. The molecule has 1 atom stereocenters. The quantitative estimate of drug-likeness (QED) is 0.562. The van der Waals surface area contributed by atoms with Crippen LogP contribution in [-0.2, 0) is 9.53 Å². The maximum Gasteiger partial charge on any atom is 0.328 e. The van der Waals surface area contributed by atoms with Gasteiger partial charge in [-0.3, -0.25) is 4.79 Å². The van der Waals surface area contributed by atoms with Gasteiger partial charge in [0.1, 0.15) is 17.6 Å². The van der Waals surface area contributed by atoms with E-state index in [0.717, 1.165) is 0 Å². The molecule has 1 amide bonds. The SMILES string of the molecule is C[C@H](NC(=O)c1ccccc1Cl)C(=O)OCCCOc1ccc(F)cc1. The van der Waals surface area contributed by atoms with Gasteiger partial charge in [-0.05, 0) is 43.3 Å². The molecule has 138 valence electrons. The molecule has 26 heavy (non-hydrogen) atoms. The van der Waals surface area contributed by atoms with Crippen LogP contribution in [0.15, 0.2) is 48.5 Å². The summed E-state index contributed by atoms with van der Waals surface area (Å²) in [7, 11) is 0. The lowest BCUT2D eigenvalue weighted by Gasteiger charge is -2.14. The van der Waals surface area contributed by atoms with Gasteiger partial charge in [-0.15, -0.1) is 0 Å². The third-order valence-corrected chi connectivity index (χ3v) is 3.76. The van der Waals surface area contributed by atoms with Crippen LogP contribution < -0.4 is 10.1 Å². The van der Waals surface area contributed by atoms with Crippen molar-refractivity contribution in [2.45, 2.75) is 19.4 Å². The first-order chi connectivity index (χ1) is 12.5. The van der Waals surface area contributed by atoms with Gasteiger partial charge in [0.15, 0.2) is 0 Å². The molecular formula is C19H19ClFNO4. The predicted octanol–water partition coefficient (Wildman–Crippen LogP) is 3.61. The number of amides is 1. The smallest absolute Gasteiger partial charge is 0.328 e. The van der Waals surface area contributed by atoms with E-state index in [9.17, 15) is 14.0 Å². The lowest BCUT2D eigenvalue weighted by Crippen LogP contribution is -2.39. The summed E-state index contributed by atoms with van der Waals surface area (Å²) in [6.07, 6.45) is 0.467. The molecule has 7 heteroatoms. The van der Waals surface area contributed by atoms with E-state index in [1.165, 1.54) is 31.2 Å². The van der Waals surface area contributed by atoms with Crippen LogP contribution in [0.5, 0.6) is 5.75 Å². The standard InChI is InChI=1S/C19H19ClFNO4/c1-13(22-18(23)16-5-2-3-6-17(16)20)19(24)26-12-4-11-25-15-9-7-14(21)8-10-15/h2-3,5-10,13H,4,11-12H2,1H3,(H,22,23)/t13-/m0/s1. The molecule has 0 bridgehead atoms. The molecule has 0 aromatic heterocycles. The van der Waals surface area contributed by atoms with Gasteiger partial charge in [-0.25, -0.2) is 9.18 Å². The molecule has 2 rings (SSSR count). The number of carbonyl (C=O) groups excluding carboxylic acids is 2. The summed E-state index contributed by atoms with van der Waals surface area (Å²) >= 11 is 5.95. The van der Waals surface area contributed by atoms with Crippen molar-refractivity contribution in [2.24, 2.45) is 0 Å². The Kier molecular flexibility index (Phi) is 7.41. The van der Waals surface area contributed by atoms with Crippen molar-refractivity contribution in [3.63, 3.8) is 0 Å². The summed E-state index contributed by atoms with van der Waals surface area (Å²) < 4.78 is 23.3. The van der Waals surface area contributed by atoms with Crippen LogP contribution in [0.3, 0.4) is 0 Å². The molecular weight excluding hydrogens is 361 g/mol. The van der Waals surface area contributed by atoms with E-state index in [4.69, 9.17) is 21.1 Å². The van der Waals surface area contributed by atoms with Crippen molar-refractivity contribution < 1.29 is 23.5 Å². The highest BCUT2D eigenvalue weighted by atomic mass is 35.5. The Morgan fingerprint density at radius 2 is 1.81 bits per heavy atom. The van der Waals surface area contributed by atoms with Crippen LogP contribution in [0.1, 0.15) is 23.7 Å². The Bertz CT molecular complexity index is 751.